The number of carbonyl (C=O) groups excluding carboxylic acids is 1. The van der Waals surface area contributed by atoms with Crippen molar-refractivity contribution in [1.82, 2.24) is 4.98 Å². The zero-order valence-corrected chi connectivity index (χ0v) is 11.3. The molecule has 0 aliphatic heterocycles. The predicted molar refractivity (Wildman–Crippen MR) is 78.2 cm³/mol. The monoisotopic (exact) mass is 272 g/mol. The number of nitrogens with two attached hydrogens (primary N) is 2. The number of benzene rings is 1. The molecule has 20 heavy (non-hydrogen) atoms. The Labute approximate surface area is 117 Å². The summed E-state index contributed by atoms with van der Waals surface area (Å²) < 4.78 is 5.30. The van der Waals surface area contributed by atoms with Crippen molar-refractivity contribution in [3.8, 4) is 5.75 Å². The lowest BCUT2D eigenvalue weighted by Gasteiger charge is -2.21. The van der Waals surface area contributed by atoms with Crippen LogP contribution in [0.4, 0.5) is 17.2 Å². The summed E-state index contributed by atoms with van der Waals surface area (Å²) in [5, 5.41) is 0. The number of anilines is 3. The lowest BCUT2D eigenvalue weighted by Crippen LogP contribution is -2.17. The van der Waals surface area contributed by atoms with Crippen LogP contribution in [0, 0.1) is 0 Å². The maximum Gasteiger partial charge on any atom is 0.250 e. The number of carbonyl (C=O) groups is 1. The van der Waals surface area contributed by atoms with Gasteiger partial charge in [0.15, 0.2) is 0 Å². The first kappa shape index (κ1) is 13.7. The van der Waals surface area contributed by atoms with Crippen LogP contribution in [-0.4, -0.2) is 25.0 Å². The molecule has 0 bridgehead atoms. The van der Waals surface area contributed by atoms with E-state index in [-0.39, 0.29) is 11.3 Å². The summed E-state index contributed by atoms with van der Waals surface area (Å²) in [7, 11) is 3.42. The molecule has 1 amide bonds. The van der Waals surface area contributed by atoms with E-state index in [1.807, 2.05) is 31.3 Å². The van der Waals surface area contributed by atoms with Gasteiger partial charge in [-0.25, -0.2) is 4.98 Å². The Bertz CT molecular complexity index is 643. The fourth-order valence-electron chi connectivity index (χ4n) is 1.88. The SMILES string of the molecule is COc1ccccc1N(C)c1cc(C(N)=O)c(N)cn1. The van der Waals surface area contributed by atoms with E-state index in [2.05, 4.69) is 4.98 Å². The molecule has 0 unspecified atom stereocenters. The molecule has 0 radical (unpaired) electrons. The van der Waals surface area contributed by atoms with Crippen molar-refractivity contribution in [2.75, 3.05) is 24.8 Å². The Morgan fingerprint density at radius 1 is 1.35 bits per heavy atom. The molecule has 6 heteroatoms. The first-order valence-corrected chi connectivity index (χ1v) is 5.96. The molecule has 1 aromatic heterocycles. The molecule has 2 aromatic rings. The molecule has 0 saturated heterocycles. The van der Waals surface area contributed by atoms with Crippen LogP contribution >= 0.6 is 0 Å². The zero-order valence-electron chi connectivity index (χ0n) is 11.3. The fraction of sp³-hybridized carbons (Fsp3) is 0.143. The van der Waals surface area contributed by atoms with Crippen molar-refractivity contribution < 1.29 is 9.53 Å². The Morgan fingerprint density at radius 3 is 2.70 bits per heavy atom. The highest BCUT2D eigenvalue weighted by molar-refractivity contribution is 5.98. The average molecular weight is 272 g/mol. The van der Waals surface area contributed by atoms with E-state index in [0.717, 1.165) is 5.69 Å². The van der Waals surface area contributed by atoms with Gasteiger partial charge in [0.25, 0.3) is 5.91 Å². The lowest BCUT2D eigenvalue weighted by atomic mass is 10.2. The van der Waals surface area contributed by atoms with E-state index in [1.54, 1.807) is 18.1 Å². The summed E-state index contributed by atoms with van der Waals surface area (Å²) in [5.74, 6) is 0.673. The average Bonchev–Trinajstić information content (AvgIpc) is 2.46. The summed E-state index contributed by atoms with van der Waals surface area (Å²) in [5.41, 5.74) is 12.3. The van der Waals surface area contributed by atoms with Crippen molar-refractivity contribution in [3.63, 3.8) is 0 Å². The molecule has 0 fully saturated rings. The van der Waals surface area contributed by atoms with Crippen molar-refractivity contribution in [1.29, 1.82) is 0 Å². The van der Waals surface area contributed by atoms with E-state index < -0.39 is 5.91 Å². The molecule has 0 aliphatic rings. The fourth-order valence-corrected chi connectivity index (χ4v) is 1.88. The van der Waals surface area contributed by atoms with Gasteiger partial charge in [-0.1, -0.05) is 12.1 Å². The molecule has 2 rings (SSSR count). The van der Waals surface area contributed by atoms with Gasteiger partial charge in [0, 0.05) is 7.05 Å². The van der Waals surface area contributed by atoms with Crippen LogP contribution in [-0.2, 0) is 0 Å². The van der Waals surface area contributed by atoms with E-state index in [0.29, 0.717) is 11.6 Å². The number of rotatable bonds is 4. The van der Waals surface area contributed by atoms with Gasteiger partial charge in [0.05, 0.1) is 30.2 Å². The molecular formula is C14H16N4O2. The van der Waals surface area contributed by atoms with Gasteiger partial charge >= 0.3 is 0 Å². The molecular weight excluding hydrogens is 256 g/mol. The van der Waals surface area contributed by atoms with Crippen molar-refractivity contribution >= 4 is 23.1 Å². The molecule has 0 atom stereocenters. The predicted octanol–water partition coefficient (Wildman–Crippen LogP) is 1.54. The number of amides is 1. The number of methoxy groups -OCH3 is 1. The molecule has 4 N–H and O–H groups in total. The summed E-state index contributed by atoms with van der Waals surface area (Å²) in [4.78, 5) is 17.3. The normalized spacial score (nSPS) is 10.1. The standard InChI is InChI=1S/C14H16N4O2/c1-18(11-5-3-4-6-12(11)20-2)13-7-9(14(16)19)10(15)8-17-13/h3-8H,15H2,1-2H3,(H2,16,19). The van der Waals surface area contributed by atoms with Gasteiger partial charge in [-0.3, -0.25) is 4.79 Å². The van der Waals surface area contributed by atoms with E-state index in [1.165, 1.54) is 6.20 Å². The van der Waals surface area contributed by atoms with Crippen LogP contribution in [0.1, 0.15) is 10.4 Å². The number of ether oxygens (including phenoxy) is 1. The molecule has 0 spiro atoms. The van der Waals surface area contributed by atoms with Crippen LogP contribution in [0.2, 0.25) is 0 Å². The van der Waals surface area contributed by atoms with Crippen LogP contribution in [0.5, 0.6) is 5.75 Å². The van der Waals surface area contributed by atoms with Gasteiger partial charge in [-0.15, -0.1) is 0 Å². The van der Waals surface area contributed by atoms with E-state index in [4.69, 9.17) is 16.2 Å². The van der Waals surface area contributed by atoms with Crippen molar-refractivity contribution in [2.24, 2.45) is 5.73 Å². The van der Waals surface area contributed by atoms with Crippen LogP contribution in [0.25, 0.3) is 0 Å². The molecule has 6 nitrogen and oxygen atoms in total. The number of hydrogen-bond acceptors (Lipinski definition) is 5. The summed E-state index contributed by atoms with van der Waals surface area (Å²) >= 11 is 0. The first-order chi connectivity index (χ1) is 9.54. The highest BCUT2D eigenvalue weighted by atomic mass is 16.5. The minimum atomic E-state index is -0.584. The number of aromatic nitrogens is 1. The number of nitrogens with zero attached hydrogens (tertiary/aromatic N) is 2. The third-order valence-electron chi connectivity index (χ3n) is 2.98. The maximum absolute atomic E-state index is 11.3. The highest BCUT2D eigenvalue weighted by Gasteiger charge is 2.14. The minimum absolute atomic E-state index is 0.247. The number of pyridine rings is 1. The molecule has 1 aromatic carbocycles. The molecule has 0 saturated carbocycles. The second-order valence-corrected chi connectivity index (χ2v) is 4.22. The number of primary amides is 1. The number of para-hydroxylation sites is 2. The smallest absolute Gasteiger partial charge is 0.250 e. The van der Waals surface area contributed by atoms with Gasteiger partial charge in [-0.2, -0.15) is 0 Å². The van der Waals surface area contributed by atoms with Crippen LogP contribution < -0.4 is 21.1 Å². The maximum atomic E-state index is 11.3. The zero-order chi connectivity index (χ0) is 14.7. The van der Waals surface area contributed by atoms with Gasteiger partial charge < -0.3 is 21.1 Å². The second-order valence-electron chi connectivity index (χ2n) is 4.22. The Balaban J connectivity index is 2.45. The van der Waals surface area contributed by atoms with Crippen LogP contribution in [0.15, 0.2) is 36.5 Å². The van der Waals surface area contributed by atoms with Crippen LogP contribution in [0.3, 0.4) is 0 Å². The second kappa shape index (κ2) is 5.48. The summed E-state index contributed by atoms with van der Waals surface area (Å²) in [6.45, 7) is 0. The van der Waals surface area contributed by atoms with Gasteiger partial charge in [-0.05, 0) is 18.2 Å². The number of hydrogen-bond donors (Lipinski definition) is 2. The van der Waals surface area contributed by atoms with Crippen molar-refractivity contribution in [2.45, 2.75) is 0 Å². The molecule has 1 heterocycles. The first-order valence-electron chi connectivity index (χ1n) is 5.96. The molecule has 0 aliphatic carbocycles. The Hall–Kier alpha value is -2.76. The van der Waals surface area contributed by atoms with Gasteiger partial charge in [0.1, 0.15) is 11.6 Å². The third kappa shape index (κ3) is 2.49. The van der Waals surface area contributed by atoms with Gasteiger partial charge in [0.2, 0.25) is 0 Å². The third-order valence-corrected chi connectivity index (χ3v) is 2.98. The highest BCUT2D eigenvalue weighted by Crippen LogP contribution is 2.31. The molecule has 104 valence electrons. The van der Waals surface area contributed by atoms with Crippen molar-refractivity contribution in [3.05, 3.63) is 42.1 Å². The number of nitrogen functional groups attached to an aromatic ring is 1. The largest absolute Gasteiger partial charge is 0.495 e. The van der Waals surface area contributed by atoms with E-state index in [9.17, 15) is 4.79 Å². The minimum Gasteiger partial charge on any atom is -0.495 e. The topological polar surface area (TPSA) is 94.5 Å². The summed E-state index contributed by atoms with van der Waals surface area (Å²) in [6.07, 6.45) is 1.42. The van der Waals surface area contributed by atoms with E-state index >= 15 is 0 Å². The Kier molecular flexibility index (Phi) is 3.74. The lowest BCUT2D eigenvalue weighted by molar-refractivity contribution is 0.100. The Morgan fingerprint density at radius 2 is 2.05 bits per heavy atom. The summed E-state index contributed by atoms with van der Waals surface area (Å²) in [6, 6.07) is 9.06. The quantitative estimate of drug-likeness (QED) is 0.880.